The average Bonchev–Trinajstić information content (AvgIpc) is 2.14. The quantitative estimate of drug-likeness (QED) is 0.637. The summed E-state index contributed by atoms with van der Waals surface area (Å²) in [5.41, 5.74) is -0.729. The Balaban J connectivity index is 2.69. The molecule has 0 radical (unpaired) electrons. The van der Waals surface area contributed by atoms with E-state index in [1.54, 1.807) is 13.8 Å². The molecular weight excluding hydrogens is 220 g/mol. The van der Waals surface area contributed by atoms with Gasteiger partial charge in [-0.2, -0.15) is 0 Å². The van der Waals surface area contributed by atoms with Crippen molar-refractivity contribution in [3.63, 3.8) is 0 Å². The summed E-state index contributed by atoms with van der Waals surface area (Å²) in [4.78, 5) is 10.9. The van der Waals surface area contributed by atoms with Gasteiger partial charge < -0.3 is 4.79 Å². The molecule has 0 amide bonds. The van der Waals surface area contributed by atoms with Gasteiger partial charge in [0.2, 0.25) is 0 Å². The maximum absolute atomic E-state index is 12.8. The van der Waals surface area contributed by atoms with E-state index in [-0.39, 0.29) is 0 Å². The number of hydrogen-bond donors (Lipinski definition) is 1. The second-order valence-electron chi connectivity index (χ2n) is 3.65. The molecule has 1 rings (SSSR count). The summed E-state index contributed by atoms with van der Waals surface area (Å²) in [5, 5.41) is 0. The third-order valence-electron chi connectivity index (χ3n) is 1.56. The van der Waals surface area contributed by atoms with Crippen molar-refractivity contribution in [3.05, 3.63) is 29.8 Å². The summed E-state index contributed by atoms with van der Waals surface area (Å²) < 4.78 is 28.4. The number of carbonyl (C=O) groups is 1. The van der Waals surface area contributed by atoms with E-state index in [1.165, 1.54) is 12.1 Å². The van der Waals surface area contributed by atoms with Crippen LogP contribution in [0.25, 0.3) is 0 Å². The molecule has 0 heterocycles. The molecule has 82 valence electrons. The lowest BCUT2D eigenvalue weighted by molar-refractivity contribution is -0.111. The van der Waals surface area contributed by atoms with E-state index in [0.717, 1.165) is 24.3 Å². The highest BCUT2D eigenvalue weighted by Crippen LogP contribution is 2.19. The van der Waals surface area contributed by atoms with Gasteiger partial charge in [-0.15, -0.1) is 0 Å². The number of carbonyl (C=O) groups excluding carboxylic acids is 1. The van der Waals surface area contributed by atoms with E-state index in [0.29, 0.717) is 4.90 Å². The van der Waals surface area contributed by atoms with Crippen LogP contribution in [0.4, 0.5) is 8.78 Å². The van der Waals surface area contributed by atoms with Gasteiger partial charge in [-0.1, -0.05) is 0 Å². The van der Waals surface area contributed by atoms with E-state index in [4.69, 9.17) is 0 Å². The standard InChI is InChI=1S/C10H11F2NOS/c1-10(2,6-14)13-15-9-4-7(11)3-8(12)5-9/h3-6,13H,1-2H3. The van der Waals surface area contributed by atoms with Crippen LogP contribution < -0.4 is 4.72 Å². The van der Waals surface area contributed by atoms with Gasteiger partial charge in [0.15, 0.2) is 0 Å². The minimum atomic E-state index is -0.729. The van der Waals surface area contributed by atoms with E-state index in [2.05, 4.69) is 4.72 Å². The lowest BCUT2D eigenvalue weighted by Gasteiger charge is -2.17. The molecule has 5 heteroatoms. The Kier molecular flexibility index (Phi) is 3.82. The fraction of sp³-hybridized carbons (Fsp3) is 0.300. The topological polar surface area (TPSA) is 29.1 Å². The van der Waals surface area contributed by atoms with Crippen LogP contribution in [0.5, 0.6) is 0 Å². The Hall–Kier alpha value is -0.940. The molecule has 15 heavy (non-hydrogen) atoms. The molecule has 1 aromatic rings. The molecule has 0 bridgehead atoms. The fourth-order valence-electron chi connectivity index (χ4n) is 0.802. The molecule has 0 saturated carbocycles. The zero-order valence-corrected chi connectivity index (χ0v) is 9.20. The third-order valence-corrected chi connectivity index (χ3v) is 2.66. The van der Waals surface area contributed by atoms with Gasteiger partial charge >= 0.3 is 0 Å². The number of benzene rings is 1. The van der Waals surface area contributed by atoms with Crippen LogP contribution in [-0.2, 0) is 4.79 Å². The van der Waals surface area contributed by atoms with Gasteiger partial charge in [-0.3, -0.25) is 0 Å². The highest BCUT2D eigenvalue weighted by molar-refractivity contribution is 7.97. The van der Waals surface area contributed by atoms with Crippen LogP contribution in [0.15, 0.2) is 23.1 Å². The molecule has 2 nitrogen and oxygen atoms in total. The highest BCUT2D eigenvalue weighted by Gasteiger charge is 2.15. The molecule has 0 atom stereocenters. The maximum Gasteiger partial charge on any atom is 0.140 e. The van der Waals surface area contributed by atoms with Crippen LogP contribution in [0, 0.1) is 11.6 Å². The molecule has 1 aromatic carbocycles. The predicted molar refractivity (Wildman–Crippen MR) is 55.5 cm³/mol. The zero-order valence-electron chi connectivity index (χ0n) is 8.38. The highest BCUT2D eigenvalue weighted by atomic mass is 32.2. The molecule has 0 fully saturated rings. The molecule has 0 aliphatic rings. The van der Waals surface area contributed by atoms with Gasteiger partial charge in [0.05, 0.1) is 5.54 Å². The van der Waals surface area contributed by atoms with Crippen molar-refractivity contribution < 1.29 is 13.6 Å². The molecule has 0 aromatic heterocycles. The van der Waals surface area contributed by atoms with Crippen LogP contribution in [0.2, 0.25) is 0 Å². The maximum atomic E-state index is 12.8. The number of halogens is 2. The number of hydrogen-bond acceptors (Lipinski definition) is 3. The van der Waals surface area contributed by atoms with Crippen molar-refractivity contribution in [3.8, 4) is 0 Å². The SMILES string of the molecule is CC(C)(C=O)NSc1cc(F)cc(F)c1. The Morgan fingerprint density at radius 1 is 1.27 bits per heavy atom. The van der Waals surface area contributed by atoms with Crippen molar-refractivity contribution in [2.45, 2.75) is 24.3 Å². The first-order valence-corrected chi connectivity index (χ1v) is 5.11. The Labute approximate surface area is 91.2 Å². The van der Waals surface area contributed by atoms with E-state index < -0.39 is 17.2 Å². The Bertz CT molecular complexity index is 348. The van der Waals surface area contributed by atoms with E-state index in [9.17, 15) is 13.6 Å². The van der Waals surface area contributed by atoms with Crippen molar-refractivity contribution in [2.24, 2.45) is 0 Å². The van der Waals surface area contributed by atoms with Gasteiger partial charge in [0.25, 0.3) is 0 Å². The van der Waals surface area contributed by atoms with E-state index >= 15 is 0 Å². The average molecular weight is 231 g/mol. The zero-order chi connectivity index (χ0) is 11.5. The number of rotatable bonds is 4. The molecule has 0 saturated heterocycles. The molecule has 0 aliphatic heterocycles. The summed E-state index contributed by atoms with van der Waals surface area (Å²) in [6.07, 6.45) is 0.732. The summed E-state index contributed by atoms with van der Waals surface area (Å²) in [7, 11) is 0. The van der Waals surface area contributed by atoms with Crippen LogP contribution in [0.3, 0.4) is 0 Å². The minimum Gasteiger partial charge on any atom is -0.301 e. The van der Waals surface area contributed by atoms with Crippen molar-refractivity contribution >= 4 is 18.2 Å². The second-order valence-corrected chi connectivity index (χ2v) is 4.53. The third kappa shape index (κ3) is 3.97. The summed E-state index contributed by atoms with van der Waals surface area (Å²) in [6, 6.07) is 3.19. The summed E-state index contributed by atoms with van der Waals surface area (Å²) in [5.74, 6) is -1.27. The first-order chi connectivity index (χ1) is 6.93. The lowest BCUT2D eigenvalue weighted by atomic mass is 10.1. The Morgan fingerprint density at radius 2 is 1.80 bits per heavy atom. The Morgan fingerprint density at radius 3 is 2.27 bits per heavy atom. The first kappa shape index (κ1) is 12.1. The second kappa shape index (κ2) is 4.72. The predicted octanol–water partition coefficient (Wildman–Crippen LogP) is 2.54. The molecule has 0 spiro atoms. The van der Waals surface area contributed by atoms with Crippen LogP contribution in [-0.4, -0.2) is 11.8 Å². The monoisotopic (exact) mass is 231 g/mol. The van der Waals surface area contributed by atoms with Gasteiger partial charge in [0.1, 0.15) is 17.9 Å². The smallest absolute Gasteiger partial charge is 0.140 e. The first-order valence-electron chi connectivity index (χ1n) is 4.29. The fourth-order valence-corrected chi connectivity index (χ4v) is 1.57. The largest absolute Gasteiger partial charge is 0.301 e. The van der Waals surface area contributed by atoms with Crippen LogP contribution >= 0.6 is 11.9 Å². The minimum absolute atomic E-state index is 0.391. The van der Waals surface area contributed by atoms with Gasteiger partial charge in [-0.05, 0) is 37.9 Å². The van der Waals surface area contributed by atoms with Crippen LogP contribution in [0.1, 0.15) is 13.8 Å². The van der Waals surface area contributed by atoms with Crippen molar-refractivity contribution in [1.29, 1.82) is 0 Å². The van der Waals surface area contributed by atoms with Gasteiger partial charge in [0, 0.05) is 11.0 Å². The van der Waals surface area contributed by atoms with Crippen molar-refractivity contribution in [1.82, 2.24) is 4.72 Å². The number of nitrogens with one attached hydrogen (secondary N) is 1. The lowest BCUT2D eigenvalue weighted by Crippen LogP contribution is -2.35. The molecule has 0 aliphatic carbocycles. The molecular formula is C10H11F2NOS. The molecule has 0 unspecified atom stereocenters. The normalized spacial score (nSPS) is 11.5. The summed E-state index contributed by atoms with van der Waals surface area (Å²) >= 11 is 1.02. The van der Waals surface area contributed by atoms with Gasteiger partial charge in [-0.25, -0.2) is 13.5 Å². The summed E-state index contributed by atoms with van der Waals surface area (Å²) in [6.45, 7) is 3.34. The molecule has 1 N–H and O–H groups in total. The van der Waals surface area contributed by atoms with E-state index in [1.807, 2.05) is 0 Å². The number of aldehydes is 1. The van der Waals surface area contributed by atoms with Crippen molar-refractivity contribution in [2.75, 3.05) is 0 Å².